The zero-order chi connectivity index (χ0) is 17.2. The van der Waals surface area contributed by atoms with Crippen molar-refractivity contribution in [3.05, 3.63) is 41.8 Å². The smallest absolute Gasteiger partial charge is 0.227 e. The van der Waals surface area contributed by atoms with Crippen LogP contribution >= 0.6 is 0 Å². The summed E-state index contributed by atoms with van der Waals surface area (Å²) in [5.41, 5.74) is 2.09. The number of hydrogen-bond donors (Lipinski definition) is 0. The van der Waals surface area contributed by atoms with Crippen LogP contribution in [0.2, 0.25) is 0 Å². The zero-order valence-electron chi connectivity index (χ0n) is 14.7. The number of nitrogens with zero attached hydrogens (tertiary/aromatic N) is 5. The van der Waals surface area contributed by atoms with Crippen LogP contribution in [0.3, 0.4) is 0 Å². The van der Waals surface area contributed by atoms with Gasteiger partial charge in [-0.15, -0.1) is 0 Å². The second-order valence-electron chi connectivity index (χ2n) is 6.81. The number of rotatable bonds is 3. The number of hydrogen-bond acceptors (Lipinski definition) is 5. The van der Waals surface area contributed by atoms with E-state index < -0.39 is 0 Å². The molecule has 2 aliphatic heterocycles. The van der Waals surface area contributed by atoms with Gasteiger partial charge in [0.05, 0.1) is 0 Å². The minimum atomic E-state index is -0.190. The fraction of sp³-hybridized carbons (Fsp3) is 0.474. The summed E-state index contributed by atoms with van der Waals surface area (Å²) in [4.78, 5) is 16.4. The Labute approximate surface area is 148 Å². The maximum Gasteiger partial charge on any atom is 0.227 e. The number of benzene rings is 1. The van der Waals surface area contributed by atoms with Crippen molar-refractivity contribution in [2.75, 3.05) is 54.0 Å². The molecule has 0 amide bonds. The molecule has 1 aromatic heterocycles. The quantitative estimate of drug-likeness (QED) is 0.858. The third-order valence-corrected chi connectivity index (χ3v) is 5.01. The molecular formula is C19H24FN5. The Bertz CT molecular complexity index is 719. The van der Waals surface area contributed by atoms with E-state index in [1.54, 1.807) is 0 Å². The lowest BCUT2D eigenvalue weighted by atomic mass is 10.2. The van der Waals surface area contributed by atoms with Crippen LogP contribution in [0.5, 0.6) is 0 Å². The van der Waals surface area contributed by atoms with Gasteiger partial charge >= 0.3 is 0 Å². The zero-order valence-corrected chi connectivity index (χ0v) is 14.7. The highest BCUT2D eigenvalue weighted by Crippen LogP contribution is 2.23. The number of aromatic nitrogens is 2. The van der Waals surface area contributed by atoms with Crippen molar-refractivity contribution in [2.24, 2.45) is 0 Å². The van der Waals surface area contributed by atoms with Crippen molar-refractivity contribution >= 4 is 17.5 Å². The summed E-state index contributed by atoms with van der Waals surface area (Å²) in [5, 5.41) is 0. The first-order valence-electron chi connectivity index (χ1n) is 9.05. The lowest BCUT2D eigenvalue weighted by molar-refractivity contribution is 0.622. The van der Waals surface area contributed by atoms with Crippen LogP contribution in [-0.4, -0.2) is 49.2 Å². The van der Waals surface area contributed by atoms with E-state index in [0.717, 1.165) is 62.4 Å². The molecule has 0 saturated carbocycles. The van der Waals surface area contributed by atoms with Gasteiger partial charge in [0.15, 0.2) is 0 Å². The summed E-state index contributed by atoms with van der Waals surface area (Å²) in [6.07, 6.45) is 2.49. The molecular weight excluding hydrogens is 317 g/mol. The third kappa shape index (κ3) is 3.52. The van der Waals surface area contributed by atoms with E-state index in [-0.39, 0.29) is 5.82 Å². The van der Waals surface area contributed by atoms with Crippen molar-refractivity contribution in [3.8, 4) is 0 Å². The van der Waals surface area contributed by atoms with E-state index in [1.807, 2.05) is 19.1 Å². The Kier molecular flexibility index (Phi) is 4.42. The van der Waals surface area contributed by atoms with Crippen LogP contribution in [0.25, 0.3) is 0 Å². The van der Waals surface area contributed by atoms with E-state index in [9.17, 15) is 4.39 Å². The summed E-state index contributed by atoms with van der Waals surface area (Å²) in [6, 6.07) is 8.82. The highest BCUT2D eigenvalue weighted by Gasteiger charge is 2.21. The molecule has 5 nitrogen and oxygen atoms in total. The van der Waals surface area contributed by atoms with E-state index in [1.165, 1.54) is 25.0 Å². The Hall–Kier alpha value is -2.37. The Morgan fingerprint density at radius 1 is 0.800 bits per heavy atom. The molecule has 0 N–H and O–H groups in total. The molecule has 2 saturated heterocycles. The van der Waals surface area contributed by atoms with Crippen LogP contribution < -0.4 is 14.7 Å². The van der Waals surface area contributed by atoms with Gasteiger partial charge in [0.25, 0.3) is 0 Å². The molecule has 0 radical (unpaired) electrons. The molecule has 4 rings (SSSR count). The van der Waals surface area contributed by atoms with Crippen LogP contribution in [0, 0.1) is 12.7 Å². The summed E-state index contributed by atoms with van der Waals surface area (Å²) in [6.45, 7) is 7.76. The van der Waals surface area contributed by atoms with Gasteiger partial charge in [-0.05, 0) is 44.0 Å². The first-order chi connectivity index (χ1) is 12.2. The normalized spacial score (nSPS) is 18.1. The topological polar surface area (TPSA) is 35.5 Å². The summed E-state index contributed by atoms with van der Waals surface area (Å²) in [7, 11) is 0. The SMILES string of the molecule is Cc1cc(N2CCCC2)nc(N2CCN(c3ccc(F)cc3)CC2)n1. The van der Waals surface area contributed by atoms with E-state index in [2.05, 4.69) is 25.8 Å². The molecule has 2 aliphatic rings. The van der Waals surface area contributed by atoms with Gasteiger partial charge in [-0.25, -0.2) is 9.37 Å². The summed E-state index contributed by atoms with van der Waals surface area (Å²) >= 11 is 0. The minimum Gasteiger partial charge on any atom is -0.368 e. The first-order valence-corrected chi connectivity index (χ1v) is 9.05. The van der Waals surface area contributed by atoms with Crippen molar-refractivity contribution in [1.29, 1.82) is 0 Å². The van der Waals surface area contributed by atoms with Gasteiger partial charge < -0.3 is 14.7 Å². The molecule has 6 heteroatoms. The van der Waals surface area contributed by atoms with Gasteiger partial charge in [0.1, 0.15) is 11.6 Å². The lowest BCUT2D eigenvalue weighted by Gasteiger charge is -2.36. The molecule has 0 spiro atoms. The number of piperazine rings is 1. The monoisotopic (exact) mass is 341 g/mol. The maximum absolute atomic E-state index is 13.1. The van der Waals surface area contributed by atoms with Crippen LogP contribution in [0.15, 0.2) is 30.3 Å². The van der Waals surface area contributed by atoms with Crippen LogP contribution in [0.1, 0.15) is 18.5 Å². The molecule has 2 fully saturated rings. The predicted molar refractivity (Wildman–Crippen MR) is 99.0 cm³/mol. The van der Waals surface area contributed by atoms with Gasteiger partial charge in [0, 0.05) is 56.7 Å². The molecule has 0 aliphatic carbocycles. The number of aryl methyl sites for hydroxylation is 1. The van der Waals surface area contributed by atoms with Crippen molar-refractivity contribution in [2.45, 2.75) is 19.8 Å². The predicted octanol–water partition coefficient (Wildman–Crippen LogP) is 2.85. The van der Waals surface area contributed by atoms with Crippen molar-refractivity contribution < 1.29 is 4.39 Å². The maximum atomic E-state index is 13.1. The Morgan fingerprint density at radius 3 is 2.12 bits per heavy atom. The molecule has 132 valence electrons. The highest BCUT2D eigenvalue weighted by atomic mass is 19.1. The average molecular weight is 341 g/mol. The molecule has 2 aromatic rings. The highest BCUT2D eigenvalue weighted by molar-refractivity contribution is 5.50. The molecule has 25 heavy (non-hydrogen) atoms. The lowest BCUT2D eigenvalue weighted by Crippen LogP contribution is -2.47. The van der Waals surface area contributed by atoms with E-state index in [0.29, 0.717) is 0 Å². The molecule has 3 heterocycles. The number of halogens is 1. The summed E-state index contributed by atoms with van der Waals surface area (Å²) in [5.74, 6) is 1.70. The third-order valence-electron chi connectivity index (χ3n) is 5.01. The number of anilines is 3. The second-order valence-corrected chi connectivity index (χ2v) is 6.81. The van der Waals surface area contributed by atoms with Crippen LogP contribution in [-0.2, 0) is 0 Å². The summed E-state index contributed by atoms with van der Waals surface area (Å²) < 4.78 is 13.1. The van der Waals surface area contributed by atoms with Crippen molar-refractivity contribution in [3.63, 3.8) is 0 Å². The molecule has 0 bridgehead atoms. The minimum absolute atomic E-state index is 0.190. The molecule has 0 atom stereocenters. The standard InChI is InChI=1S/C19H24FN5/c1-15-14-18(24-8-2-3-9-24)22-19(21-15)25-12-10-23(11-13-25)17-6-4-16(20)5-7-17/h4-7,14H,2-3,8-13H2,1H3. The van der Waals surface area contributed by atoms with E-state index >= 15 is 0 Å². The fourth-order valence-electron chi connectivity index (χ4n) is 3.60. The fourth-order valence-corrected chi connectivity index (χ4v) is 3.60. The largest absolute Gasteiger partial charge is 0.368 e. The second kappa shape index (κ2) is 6.86. The molecule has 1 aromatic carbocycles. The Balaban J connectivity index is 1.46. The first kappa shape index (κ1) is 16.1. The van der Waals surface area contributed by atoms with Gasteiger partial charge in [-0.1, -0.05) is 0 Å². The molecule has 0 unspecified atom stereocenters. The van der Waals surface area contributed by atoms with Crippen molar-refractivity contribution in [1.82, 2.24) is 9.97 Å². The van der Waals surface area contributed by atoms with Gasteiger partial charge in [0.2, 0.25) is 5.95 Å². The average Bonchev–Trinajstić information content (AvgIpc) is 3.17. The van der Waals surface area contributed by atoms with E-state index in [4.69, 9.17) is 4.98 Å². The van der Waals surface area contributed by atoms with Gasteiger partial charge in [-0.3, -0.25) is 0 Å². The van der Waals surface area contributed by atoms with Gasteiger partial charge in [-0.2, -0.15) is 4.98 Å². The Morgan fingerprint density at radius 2 is 1.44 bits per heavy atom. The van der Waals surface area contributed by atoms with Crippen LogP contribution in [0.4, 0.5) is 21.8 Å².